The molecular weight excluding hydrogens is 732 g/mol. The van der Waals surface area contributed by atoms with Gasteiger partial charge >= 0.3 is 11.9 Å². The molecule has 0 aliphatic carbocycles. The second-order valence-electron chi connectivity index (χ2n) is 14.8. The van der Waals surface area contributed by atoms with E-state index in [9.17, 15) is 9.59 Å². The molecule has 0 aromatic heterocycles. The second kappa shape index (κ2) is 20.4. The molecule has 1 fully saturated rings. The lowest BCUT2D eigenvalue weighted by Crippen LogP contribution is -2.55. The third-order valence-electron chi connectivity index (χ3n) is 11.3. The van der Waals surface area contributed by atoms with E-state index in [4.69, 9.17) is 42.6 Å². The summed E-state index contributed by atoms with van der Waals surface area (Å²) in [6, 6.07) is 16.5. The molecule has 3 aromatic carbocycles. The number of carbonyl (C=O) groups excluding carboxylic acids is 2. The molecule has 5 rings (SSSR count). The summed E-state index contributed by atoms with van der Waals surface area (Å²) in [5.74, 6) is 2.87. The van der Waals surface area contributed by atoms with Gasteiger partial charge in [-0.25, -0.2) is 9.59 Å². The molecule has 1 saturated heterocycles. The van der Waals surface area contributed by atoms with Crippen LogP contribution in [0.3, 0.4) is 0 Å². The van der Waals surface area contributed by atoms with Gasteiger partial charge in [-0.15, -0.1) is 0 Å². The van der Waals surface area contributed by atoms with Gasteiger partial charge in [-0.1, -0.05) is 12.1 Å². The monoisotopic (exact) mass is 792 g/mol. The summed E-state index contributed by atoms with van der Waals surface area (Å²) in [5, 5.41) is 0. The van der Waals surface area contributed by atoms with Gasteiger partial charge in [-0.3, -0.25) is 0 Å². The molecule has 2 heterocycles. The lowest BCUT2D eigenvalue weighted by atomic mass is 9.86. The molecule has 2 atom stereocenters. The van der Waals surface area contributed by atoms with E-state index < -0.39 is 11.9 Å². The highest BCUT2D eigenvalue weighted by Gasteiger charge is 2.40. The average molecular weight is 793 g/mol. The molecule has 310 valence electrons. The first-order chi connectivity index (χ1) is 27.6. The van der Waals surface area contributed by atoms with Crippen molar-refractivity contribution >= 4 is 11.9 Å². The third kappa shape index (κ3) is 11.1. The summed E-state index contributed by atoms with van der Waals surface area (Å²) >= 11 is 0. The maximum absolute atomic E-state index is 12.6. The normalized spacial score (nSPS) is 18.6. The van der Waals surface area contributed by atoms with E-state index in [0.717, 1.165) is 90.3 Å². The highest BCUT2D eigenvalue weighted by molar-refractivity contribution is 5.91. The Morgan fingerprint density at radius 2 is 1.26 bits per heavy atom. The minimum Gasteiger partial charge on any atom is -0.497 e. The van der Waals surface area contributed by atoms with Gasteiger partial charge in [0.15, 0.2) is 23.0 Å². The SMILES string of the molecule is COc1ccc(C[C@@H]2c3cc(OC)c(OC)cc3CC[N@@+]2(C)CCCOC(=O)/C=C\C(=O)OCCC[N+]2(Cc3cc(OC)c(OC)c(OC)c3)CCOCC2)cc1. The molecule has 0 bridgehead atoms. The summed E-state index contributed by atoms with van der Waals surface area (Å²) in [7, 11) is 12.1. The number of ether oxygens (including phenoxy) is 9. The minimum atomic E-state index is -0.580. The Balaban J connectivity index is 1.11. The number of benzene rings is 3. The summed E-state index contributed by atoms with van der Waals surface area (Å²) in [5.41, 5.74) is 4.74. The van der Waals surface area contributed by atoms with Crippen LogP contribution in [-0.2, 0) is 43.2 Å². The van der Waals surface area contributed by atoms with E-state index in [1.54, 1.807) is 42.7 Å². The first kappa shape index (κ1) is 43.1. The van der Waals surface area contributed by atoms with Crippen molar-refractivity contribution in [2.24, 2.45) is 0 Å². The van der Waals surface area contributed by atoms with Crippen LogP contribution in [0.5, 0.6) is 34.5 Å². The van der Waals surface area contributed by atoms with Crippen molar-refractivity contribution in [3.63, 3.8) is 0 Å². The highest BCUT2D eigenvalue weighted by Crippen LogP contribution is 2.43. The average Bonchev–Trinajstić information content (AvgIpc) is 3.24. The standard InChI is InChI=1S/C44H60N2O11/c1-45(19-16-34-29-38(50-3)39(51-4)30-36(34)37(45)26-32-10-12-35(49-2)13-11-32)17-8-22-56-42(47)14-15-43(48)57-23-9-18-46(20-24-55-25-21-46)31-33-27-40(52-5)44(54-7)41(28-33)53-6/h10-15,27-30,37H,8-9,16-26,31H2,1-7H3/q+2/b15-14-/t37-,45-/m1/s1. The van der Waals surface area contributed by atoms with Crippen LogP contribution in [-0.4, -0.2) is 130 Å². The molecule has 13 nitrogen and oxygen atoms in total. The topological polar surface area (TPSA) is 117 Å². The van der Waals surface area contributed by atoms with E-state index in [-0.39, 0.29) is 19.3 Å². The van der Waals surface area contributed by atoms with Crippen LogP contribution in [0.1, 0.15) is 41.1 Å². The fraction of sp³-hybridized carbons (Fsp3) is 0.500. The minimum absolute atomic E-state index is 0.141. The lowest BCUT2D eigenvalue weighted by Gasteiger charge is -2.46. The lowest BCUT2D eigenvalue weighted by molar-refractivity contribution is -0.947. The van der Waals surface area contributed by atoms with E-state index in [0.29, 0.717) is 49.1 Å². The van der Waals surface area contributed by atoms with E-state index >= 15 is 0 Å². The molecule has 0 amide bonds. The Bertz CT molecular complexity index is 1800. The van der Waals surface area contributed by atoms with Gasteiger partial charge in [0.1, 0.15) is 31.4 Å². The zero-order valence-corrected chi connectivity index (χ0v) is 34.6. The van der Waals surface area contributed by atoms with Crippen molar-refractivity contribution in [2.45, 2.75) is 38.3 Å². The van der Waals surface area contributed by atoms with Crippen LogP contribution in [0.15, 0.2) is 60.7 Å². The number of methoxy groups -OCH3 is 6. The molecule has 0 N–H and O–H groups in total. The predicted octanol–water partition coefficient (Wildman–Crippen LogP) is 5.49. The summed E-state index contributed by atoms with van der Waals surface area (Å²) < 4.78 is 51.6. The van der Waals surface area contributed by atoms with E-state index in [1.807, 2.05) is 24.3 Å². The number of esters is 2. The first-order valence-corrected chi connectivity index (χ1v) is 19.5. The molecule has 13 heteroatoms. The van der Waals surface area contributed by atoms with Crippen molar-refractivity contribution in [2.75, 3.05) is 109 Å². The number of nitrogens with zero attached hydrogens (tertiary/aromatic N) is 2. The fourth-order valence-corrected chi connectivity index (χ4v) is 8.12. The van der Waals surface area contributed by atoms with Crippen LogP contribution in [0.4, 0.5) is 0 Å². The van der Waals surface area contributed by atoms with E-state index in [1.165, 1.54) is 16.7 Å². The van der Waals surface area contributed by atoms with Crippen LogP contribution >= 0.6 is 0 Å². The Labute approximate surface area is 337 Å². The summed E-state index contributed by atoms with van der Waals surface area (Å²) in [4.78, 5) is 25.2. The number of likely N-dealkylation sites (N-methyl/N-ethyl adjacent to an activating group) is 1. The number of hydrogen-bond donors (Lipinski definition) is 0. The number of hydrogen-bond acceptors (Lipinski definition) is 11. The molecule has 0 spiro atoms. The van der Waals surface area contributed by atoms with Crippen molar-refractivity contribution in [3.8, 4) is 34.5 Å². The van der Waals surface area contributed by atoms with Gasteiger partial charge in [-0.2, -0.15) is 0 Å². The molecular formula is C44H60N2O11+2. The van der Waals surface area contributed by atoms with Crippen LogP contribution in [0, 0.1) is 0 Å². The molecule has 2 aliphatic heterocycles. The smallest absolute Gasteiger partial charge is 0.331 e. The predicted molar refractivity (Wildman–Crippen MR) is 214 cm³/mol. The van der Waals surface area contributed by atoms with Crippen molar-refractivity contribution in [1.82, 2.24) is 0 Å². The Kier molecular flexibility index (Phi) is 15.5. The number of fused-ring (bicyclic) bond motifs is 1. The molecule has 3 aromatic rings. The first-order valence-electron chi connectivity index (χ1n) is 19.5. The fourth-order valence-electron chi connectivity index (χ4n) is 8.12. The third-order valence-corrected chi connectivity index (χ3v) is 11.3. The Morgan fingerprint density at radius 1 is 0.684 bits per heavy atom. The molecule has 0 radical (unpaired) electrons. The number of morpholine rings is 1. The Morgan fingerprint density at radius 3 is 1.82 bits per heavy atom. The van der Waals surface area contributed by atoms with Gasteiger partial charge in [0.2, 0.25) is 5.75 Å². The largest absolute Gasteiger partial charge is 0.497 e. The zero-order chi connectivity index (χ0) is 40.8. The Hall–Kier alpha value is -4.98. The van der Waals surface area contributed by atoms with Crippen LogP contribution in [0.25, 0.3) is 0 Å². The summed E-state index contributed by atoms with van der Waals surface area (Å²) in [6.45, 7) is 6.64. The number of rotatable bonds is 20. The maximum atomic E-state index is 12.6. The quantitative estimate of drug-likeness (QED) is 0.0626. The van der Waals surface area contributed by atoms with Crippen LogP contribution in [0.2, 0.25) is 0 Å². The van der Waals surface area contributed by atoms with E-state index in [2.05, 4.69) is 31.3 Å². The van der Waals surface area contributed by atoms with Crippen LogP contribution < -0.4 is 28.4 Å². The molecule has 0 saturated carbocycles. The van der Waals surface area contributed by atoms with Gasteiger partial charge in [0.25, 0.3) is 0 Å². The van der Waals surface area contributed by atoms with Gasteiger partial charge in [0, 0.05) is 49.0 Å². The zero-order valence-electron chi connectivity index (χ0n) is 34.6. The second-order valence-corrected chi connectivity index (χ2v) is 14.8. The molecule has 0 unspecified atom stereocenters. The van der Waals surface area contributed by atoms with Crippen molar-refractivity contribution in [3.05, 3.63) is 82.9 Å². The number of carbonyl (C=O) groups is 2. The van der Waals surface area contributed by atoms with Gasteiger partial charge in [0.05, 0.1) is 95.8 Å². The molecule has 57 heavy (non-hydrogen) atoms. The van der Waals surface area contributed by atoms with Crippen molar-refractivity contribution in [1.29, 1.82) is 0 Å². The summed E-state index contributed by atoms with van der Waals surface area (Å²) in [6.07, 6.45) is 5.29. The molecule has 2 aliphatic rings. The van der Waals surface area contributed by atoms with Crippen molar-refractivity contribution < 1.29 is 61.2 Å². The number of quaternary nitrogens is 2. The maximum Gasteiger partial charge on any atom is 0.331 e. The highest BCUT2D eigenvalue weighted by atomic mass is 16.5. The van der Waals surface area contributed by atoms with Gasteiger partial charge in [-0.05, 0) is 47.5 Å². The van der Waals surface area contributed by atoms with Gasteiger partial charge < -0.3 is 51.6 Å².